The highest BCUT2D eigenvalue weighted by molar-refractivity contribution is 6.31. The lowest BCUT2D eigenvalue weighted by Crippen LogP contribution is -2.14. The molecule has 8 heteroatoms. The van der Waals surface area contributed by atoms with E-state index in [1.54, 1.807) is 0 Å². The van der Waals surface area contributed by atoms with Crippen molar-refractivity contribution in [1.29, 1.82) is 0 Å². The van der Waals surface area contributed by atoms with Crippen LogP contribution in [0.25, 0.3) is 11.4 Å². The zero-order valence-corrected chi connectivity index (χ0v) is 13.5. The average molecular weight is 355 g/mol. The maximum atomic E-state index is 12.3. The number of aromatic nitrogens is 2. The summed E-state index contributed by atoms with van der Waals surface area (Å²) in [5, 5.41) is 13.8. The van der Waals surface area contributed by atoms with Crippen molar-refractivity contribution in [3.8, 4) is 11.4 Å². The second kappa shape index (κ2) is 7.06. The summed E-state index contributed by atoms with van der Waals surface area (Å²) < 4.78 is 0. The van der Waals surface area contributed by atoms with E-state index in [0.29, 0.717) is 11.5 Å². The predicted octanol–water partition coefficient (Wildman–Crippen LogP) is 3.96. The van der Waals surface area contributed by atoms with Crippen LogP contribution < -0.4 is 5.32 Å². The van der Waals surface area contributed by atoms with Crippen molar-refractivity contribution in [3.05, 3.63) is 81.6 Å². The van der Waals surface area contributed by atoms with Crippen LogP contribution in [0.3, 0.4) is 0 Å². The minimum absolute atomic E-state index is 0.0958. The first-order valence-corrected chi connectivity index (χ1v) is 7.55. The van der Waals surface area contributed by atoms with Crippen molar-refractivity contribution in [1.82, 2.24) is 9.97 Å². The first-order valence-electron chi connectivity index (χ1n) is 7.17. The molecule has 0 aliphatic carbocycles. The van der Waals surface area contributed by atoms with Gasteiger partial charge in [-0.25, -0.2) is 9.97 Å². The molecule has 0 atom stereocenters. The van der Waals surface area contributed by atoms with E-state index >= 15 is 0 Å². The van der Waals surface area contributed by atoms with Crippen LogP contribution in [-0.2, 0) is 0 Å². The summed E-state index contributed by atoms with van der Waals surface area (Å²) in [6.45, 7) is 0. The van der Waals surface area contributed by atoms with Gasteiger partial charge in [0.05, 0.1) is 23.0 Å². The van der Waals surface area contributed by atoms with E-state index in [1.807, 2.05) is 30.3 Å². The molecule has 2 aromatic carbocycles. The van der Waals surface area contributed by atoms with E-state index in [1.165, 1.54) is 24.5 Å². The highest BCUT2D eigenvalue weighted by atomic mass is 35.5. The number of hydrogen-bond donors (Lipinski definition) is 1. The minimum atomic E-state index is -0.657. The number of halogens is 1. The molecule has 1 amide bonds. The van der Waals surface area contributed by atoms with E-state index in [4.69, 9.17) is 11.6 Å². The number of hydrogen-bond acceptors (Lipinski definition) is 5. The van der Waals surface area contributed by atoms with Gasteiger partial charge in [0.25, 0.3) is 11.6 Å². The number of nitro groups is 1. The van der Waals surface area contributed by atoms with E-state index in [9.17, 15) is 14.9 Å². The molecule has 0 bridgehead atoms. The Hall–Kier alpha value is -3.32. The number of carbonyl (C=O) groups excluding carboxylic acids is 1. The fraction of sp³-hybridized carbons (Fsp3) is 0. The summed E-state index contributed by atoms with van der Waals surface area (Å²) in [6.07, 6.45) is 2.88. The average Bonchev–Trinajstić information content (AvgIpc) is 2.63. The highest BCUT2D eigenvalue weighted by Gasteiger charge is 2.20. The molecule has 3 rings (SSSR count). The number of nitrogens with zero attached hydrogens (tertiary/aromatic N) is 3. The van der Waals surface area contributed by atoms with Crippen LogP contribution in [0.4, 0.5) is 11.4 Å². The molecule has 0 saturated heterocycles. The summed E-state index contributed by atoms with van der Waals surface area (Å²) in [5.74, 6) is -0.129. The molecule has 25 heavy (non-hydrogen) atoms. The Morgan fingerprint density at radius 2 is 1.76 bits per heavy atom. The second-order valence-electron chi connectivity index (χ2n) is 5.03. The van der Waals surface area contributed by atoms with Crippen LogP contribution in [0.1, 0.15) is 10.4 Å². The molecular formula is C17H11ClN4O3. The monoisotopic (exact) mass is 354 g/mol. The first kappa shape index (κ1) is 16.5. The molecule has 0 saturated carbocycles. The summed E-state index contributed by atoms with van der Waals surface area (Å²) in [5.41, 5.74) is 0.705. The van der Waals surface area contributed by atoms with Gasteiger partial charge in [-0.1, -0.05) is 41.9 Å². The fourth-order valence-electron chi connectivity index (χ4n) is 2.18. The van der Waals surface area contributed by atoms with Gasteiger partial charge in [0.1, 0.15) is 5.56 Å². The number of carbonyl (C=O) groups is 1. The van der Waals surface area contributed by atoms with Crippen molar-refractivity contribution >= 4 is 28.9 Å². The topological polar surface area (TPSA) is 98.0 Å². The Morgan fingerprint density at radius 3 is 2.40 bits per heavy atom. The van der Waals surface area contributed by atoms with Crippen LogP contribution in [0.5, 0.6) is 0 Å². The van der Waals surface area contributed by atoms with E-state index in [0.717, 1.165) is 11.6 Å². The molecule has 3 aromatic rings. The van der Waals surface area contributed by atoms with Crippen LogP contribution in [0, 0.1) is 10.1 Å². The van der Waals surface area contributed by atoms with Gasteiger partial charge in [0, 0.05) is 16.7 Å². The largest absolute Gasteiger partial charge is 0.319 e. The van der Waals surface area contributed by atoms with Gasteiger partial charge in [-0.2, -0.15) is 0 Å². The molecule has 0 aliphatic heterocycles. The van der Waals surface area contributed by atoms with E-state index in [-0.39, 0.29) is 16.3 Å². The number of rotatable bonds is 4. The standard InChI is InChI=1S/C17H11ClN4O3/c18-12-6-7-14(15(8-12)22(24)25)17(23)21-13-9-19-16(20-10-13)11-4-2-1-3-5-11/h1-10H,(H,21,23). The predicted molar refractivity (Wildman–Crippen MR) is 93.5 cm³/mol. The van der Waals surface area contributed by atoms with Gasteiger partial charge in [0.15, 0.2) is 5.82 Å². The molecule has 0 fully saturated rings. The maximum Gasteiger partial charge on any atom is 0.283 e. The van der Waals surface area contributed by atoms with Crippen molar-refractivity contribution in [2.75, 3.05) is 5.32 Å². The van der Waals surface area contributed by atoms with Crippen LogP contribution in [-0.4, -0.2) is 20.8 Å². The fourth-order valence-corrected chi connectivity index (χ4v) is 2.34. The van der Waals surface area contributed by atoms with Gasteiger partial charge < -0.3 is 5.32 Å². The molecular weight excluding hydrogens is 344 g/mol. The van der Waals surface area contributed by atoms with Crippen molar-refractivity contribution in [2.24, 2.45) is 0 Å². The third-order valence-corrected chi connectivity index (χ3v) is 3.58. The third kappa shape index (κ3) is 3.78. The quantitative estimate of drug-likeness (QED) is 0.565. The third-order valence-electron chi connectivity index (χ3n) is 3.34. The van der Waals surface area contributed by atoms with Crippen LogP contribution in [0.2, 0.25) is 5.02 Å². The normalized spacial score (nSPS) is 10.3. The Bertz CT molecular complexity index is 930. The molecule has 124 valence electrons. The smallest absolute Gasteiger partial charge is 0.283 e. The molecule has 1 N–H and O–H groups in total. The maximum absolute atomic E-state index is 12.3. The minimum Gasteiger partial charge on any atom is -0.319 e. The van der Waals surface area contributed by atoms with Gasteiger partial charge in [-0.15, -0.1) is 0 Å². The molecule has 0 aliphatic rings. The number of nitrogens with one attached hydrogen (secondary N) is 1. The Morgan fingerprint density at radius 1 is 1.08 bits per heavy atom. The number of anilines is 1. The molecule has 1 aromatic heterocycles. The summed E-state index contributed by atoms with van der Waals surface area (Å²) in [7, 11) is 0. The first-order chi connectivity index (χ1) is 12.0. The lowest BCUT2D eigenvalue weighted by Gasteiger charge is -2.06. The summed E-state index contributed by atoms with van der Waals surface area (Å²) in [6, 6.07) is 13.2. The van der Waals surface area contributed by atoms with Gasteiger partial charge in [-0.3, -0.25) is 14.9 Å². The van der Waals surface area contributed by atoms with E-state index in [2.05, 4.69) is 15.3 Å². The Labute approximate surface area is 147 Å². The number of amides is 1. The van der Waals surface area contributed by atoms with Crippen molar-refractivity contribution < 1.29 is 9.72 Å². The van der Waals surface area contributed by atoms with Crippen molar-refractivity contribution in [3.63, 3.8) is 0 Å². The zero-order valence-electron chi connectivity index (χ0n) is 12.7. The molecule has 7 nitrogen and oxygen atoms in total. The molecule has 0 spiro atoms. The molecule has 0 unspecified atom stereocenters. The SMILES string of the molecule is O=C(Nc1cnc(-c2ccccc2)nc1)c1ccc(Cl)cc1[N+](=O)[O-]. The number of nitro benzene ring substituents is 1. The van der Waals surface area contributed by atoms with Crippen molar-refractivity contribution in [2.45, 2.75) is 0 Å². The van der Waals surface area contributed by atoms with E-state index < -0.39 is 10.8 Å². The second-order valence-corrected chi connectivity index (χ2v) is 5.47. The zero-order chi connectivity index (χ0) is 17.8. The van der Waals surface area contributed by atoms with Crippen LogP contribution in [0.15, 0.2) is 60.9 Å². The summed E-state index contributed by atoms with van der Waals surface area (Å²) in [4.78, 5) is 31.1. The molecule has 1 heterocycles. The van der Waals surface area contributed by atoms with Gasteiger partial charge in [-0.05, 0) is 12.1 Å². The highest BCUT2D eigenvalue weighted by Crippen LogP contribution is 2.24. The van der Waals surface area contributed by atoms with Gasteiger partial charge >= 0.3 is 0 Å². The lowest BCUT2D eigenvalue weighted by atomic mass is 10.1. The summed E-state index contributed by atoms with van der Waals surface area (Å²) >= 11 is 5.75. The Kier molecular flexibility index (Phi) is 4.67. The number of benzene rings is 2. The lowest BCUT2D eigenvalue weighted by molar-refractivity contribution is -0.385. The molecule has 0 radical (unpaired) electrons. The van der Waals surface area contributed by atoms with Crippen LogP contribution >= 0.6 is 11.6 Å². The Balaban J connectivity index is 1.81. The van der Waals surface area contributed by atoms with Gasteiger partial charge in [0.2, 0.25) is 0 Å².